The number of nitrogens with zero attached hydrogens (tertiary/aromatic N) is 5. The van der Waals surface area contributed by atoms with E-state index in [1.165, 1.54) is 13.4 Å². The molecule has 9 nitrogen and oxygen atoms in total. The second-order valence-corrected chi connectivity index (χ2v) is 5.60. The molecule has 0 spiro atoms. The van der Waals surface area contributed by atoms with Crippen LogP contribution < -0.4 is 5.73 Å². The predicted molar refractivity (Wildman–Crippen MR) is 89.5 cm³/mol. The van der Waals surface area contributed by atoms with E-state index < -0.39 is 12.1 Å². The molecule has 1 unspecified atom stereocenters. The Bertz CT molecular complexity index is 906. The second-order valence-electron chi connectivity index (χ2n) is 5.60. The number of esters is 1. The standard InChI is InChI=1S/C16H18N6O3/c1-9-3-4-10(6-18-9)7-22-12(5-11(23)16(24)25-2)21-13-14(17)19-8-20-15(13)22/h3-4,6,8,11,23H,5,7H2,1-2H3,(H2,17,19,20). The molecule has 130 valence electrons. The van der Waals surface area contributed by atoms with Gasteiger partial charge in [-0.05, 0) is 18.6 Å². The van der Waals surface area contributed by atoms with Crippen molar-refractivity contribution < 1.29 is 14.6 Å². The smallest absolute Gasteiger partial charge is 0.335 e. The van der Waals surface area contributed by atoms with Gasteiger partial charge >= 0.3 is 5.97 Å². The lowest BCUT2D eigenvalue weighted by atomic mass is 10.2. The zero-order valence-electron chi connectivity index (χ0n) is 13.9. The summed E-state index contributed by atoms with van der Waals surface area (Å²) in [7, 11) is 1.22. The summed E-state index contributed by atoms with van der Waals surface area (Å²) in [6, 6.07) is 3.85. The molecule has 3 heterocycles. The number of anilines is 1. The third-order valence-corrected chi connectivity index (χ3v) is 3.80. The SMILES string of the molecule is COC(=O)C(O)Cc1nc2c(N)ncnc2n1Cc1ccc(C)nc1. The van der Waals surface area contributed by atoms with Crippen molar-refractivity contribution in [2.24, 2.45) is 0 Å². The molecule has 1 atom stereocenters. The molecule has 0 aliphatic rings. The molecule has 0 aliphatic heterocycles. The molecule has 0 amide bonds. The highest BCUT2D eigenvalue weighted by atomic mass is 16.5. The summed E-state index contributed by atoms with van der Waals surface area (Å²) in [5.74, 6) is -0.0325. The normalized spacial score (nSPS) is 12.3. The number of pyridine rings is 1. The Morgan fingerprint density at radius 2 is 2.16 bits per heavy atom. The average Bonchev–Trinajstić information content (AvgIpc) is 2.95. The molecule has 0 aromatic carbocycles. The van der Waals surface area contributed by atoms with Gasteiger partial charge in [0.05, 0.1) is 13.7 Å². The molecular formula is C16H18N6O3. The van der Waals surface area contributed by atoms with Crippen LogP contribution in [0, 0.1) is 6.92 Å². The van der Waals surface area contributed by atoms with Crippen LogP contribution in [0.2, 0.25) is 0 Å². The number of aliphatic hydroxyl groups is 1. The number of aliphatic hydroxyl groups excluding tert-OH is 1. The Hall–Kier alpha value is -3.07. The lowest BCUT2D eigenvalue weighted by Crippen LogP contribution is -2.26. The molecule has 0 radical (unpaired) electrons. The van der Waals surface area contributed by atoms with Gasteiger partial charge in [0, 0.05) is 18.3 Å². The van der Waals surface area contributed by atoms with Crippen molar-refractivity contribution in [1.82, 2.24) is 24.5 Å². The average molecular weight is 342 g/mol. The number of hydrogen-bond donors (Lipinski definition) is 2. The summed E-state index contributed by atoms with van der Waals surface area (Å²) < 4.78 is 6.35. The monoisotopic (exact) mass is 342 g/mol. The Morgan fingerprint density at radius 1 is 1.36 bits per heavy atom. The van der Waals surface area contributed by atoms with Gasteiger partial charge < -0.3 is 20.1 Å². The van der Waals surface area contributed by atoms with Crippen LogP contribution in [0.3, 0.4) is 0 Å². The van der Waals surface area contributed by atoms with E-state index in [0.29, 0.717) is 23.5 Å². The number of methoxy groups -OCH3 is 1. The van der Waals surface area contributed by atoms with Crippen LogP contribution in [0.1, 0.15) is 17.1 Å². The summed E-state index contributed by atoms with van der Waals surface area (Å²) >= 11 is 0. The van der Waals surface area contributed by atoms with Gasteiger partial charge in [0.2, 0.25) is 0 Å². The van der Waals surface area contributed by atoms with E-state index in [0.717, 1.165) is 11.3 Å². The van der Waals surface area contributed by atoms with E-state index in [1.54, 1.807) is 10.8 Å². The molecule has 3 rings (SSSR count). The minimum atomic E-state index is -1.33. The Balaban J connectivity index is 2.03. The highest BCUT2D eigenvalue weighted by Gasteiger charge is 2.22. The van der Waals surface area contributed by atoms with Crippen molar-refractivity contribution in [3.8, 4) is 0 Å². The lowest BCUT2D eigenvalue weighted by Gasteiger charge is -2.11. The van der Waals surface area contributed by atoms with Crippen LogP contribution in [0.15, 0.2) is 24.7 Å². The number of hydrogen-bond acceptors (Lipinski definition) is 8. The van der Waals surface area contributed by atoms with Gasteiger partial charge in [-0.1, -0.05) is 6.07 Å². The topological polar surface area (TPSA) is 129 Å². The van der Waals surface area contributed by atoms with E-state index in [9.17, 15) is 9.90 Å². The predicted octanol–water partition coefficient (Wildman–Crippen LogP) is 0.237. The largest absolute Gasteiger partial charge is 0.467 e. The van der Waals surface area contributed by atoms with E-state index in [-0.39, 0.29) is 12.2 Å². The summed E-state index contributed by atoms with van der Waals surface area (Å²) in [6.45, 7) is 2.33. The number of imidazole rings is 1. The molecule has 0 saturated carbocycles. The van der Waals surface area contributed by atoms with Crippen LogP contribution in [-0.4, -0.2) is 48.8 Å². The first-order chi connectivity index (χ1) is 12.0. The van der Waals surface area contributed by atoms with Crippen molar-refractivity contribution in [2.75, 3.05) is 12.8 Å². The molecule has 0 bridgehead atoms. The first-order valence-corrected chi connectivity index (χ1v) is 7.62. The van der Waals surface area contributed by atoms with Crippen molar-refractivity contribution >= 4 is 23.0 Å². The van der Waals surface area contributed by atoms with Crippen molar-refractivity contribution in [1.29, 1.82) is 0 Å². The van der Waals surface area contributed by atoms with E-state index >= 15 is 0 Å². The number of rotatable bonds is 5. The third kappa shape index (κ3) is 3.41. The summed E-state index contributed by atoms with van der Waals surface area (Å²) in [5, 5.41) is 9.99. The number of nitrogens with two attached hydrogens (primary N) is 1. The minimum Gasteiger partial charge on any atom is -0.467 e. The van der Waals surface area contributed by atoms with Crippen LogP contribution >= 0.6 is 0 Å². The molecule has 0 aliphatic carbocycles. The van der Waals surface area contributed by atoms with Gasteiger partial charge in [-0.3, -0.25) is 4.98 Å². The number of carbonyl (C=O) groups is 1. The maximum atomic E-state index is 11.5. The fourth-order valence-corrected chi connectivity index (χ4v) is 2.49. The number of fused-ring (bicyclic) bond motifs is 1. The fourth-order valence-electron chi connectivity index (χ4n) is 2.49. The Labute approximate surface area is 143 Å². The second kappa shape index (κ2) is 6.81. The lowest BCUT2D eigenvalue weighted by molar-refractivity contribution is -0.150. The highest BCUT2D eigenvalue weighted by Crippen LogP contribution is 2.20. The number of ether oxygens (including phenoxy) is 1. The zero-order valence-corrected chi connectivity index (χ0v) is 13.9. The number of nitrogen functional groups attached to an aromatic ring is 1. The minimum absolute atomic E-state index is 0.0260. The third-order valence-electron chi connectivity index (χ3n) is 3.80. The number of aromatic nitrogens is 5. The molecular weight excluding hydrogens is 324 g/mol. The van der Waals surface area contributed by atoms with E-state index in [2.05, 4.69) is 24.7 Å². The van der Waals surface area contributed by atoms with Gasteiger partial charge in [-0.2, -0.15) is 0 Å². The quantitative estimate of drug-likeness (QED) is 0.631. The molecule has 25 heavy (non-hydrogen) atoms. The van der Waals surface area contributed by atoms with Gasteiger partial charge in [0.1, 0.15) is 12.2 Å². The van der Waals surface area contributed by atoms with Crippen LogP contribution in [-0.2, 0) is 22.5 Å². The maximum Gasteiger partial charge on any atom is 0.335 e. The summed E-state index contributed by atoms with van der Waals surface area (Å²) in [4.78, 5) is 28.4. The van der Waals surface area contributed by atoms with Gasteiger partial charge in [0.15, 0.2) is 23.1 Å². The van der Waals surface area contributed by atoms with Crippen molar-refractivity contribution in [3.63, 3.8) is 0 Å². The van der Waals surface area contributed by atoms with Gasteiger partial charge in [0.25, 0.3) is 0 Å². The zero-order chi connectivity index (χ0) is 18.0. The summed E-state index contributed by atoms with van der Waals surface area (Å²) in [5.41, 5.74) is 8.66. The first kappa shape index (κ1) is 16.8. The molecule has 3 N–H and O–H groups in total. The molecule has 3 aromatic rings. The number of carbonyl (C=O) groups excluding carboxylic acids is 1. The van der Waals surface area contributed by atoms with E-state index in [4.69, 9.17) is 5.73 Å². The maximum absolute atomic E-state index is 11.5. The fraction of sp³-hybridized carbons (Fsp3) is 0.312. The van der Waals surface area contributed by atoms with Crippen LogP contribution in [0.25, 0.3) is 11.2 Å². The van der Waals surface area contributed by atoms with Crippen molar-refractivity contribution in [3.05, 3.63) is 41.7 Å². The Kier molecular flexibility index (Phi) is 4.57. The van der Waals surface area contributed by atoms with E-state index in [1.807, 2.05) is 19.1 Å². The highest BCUT2D eigenvalue weighted by molar-refractivity contribution is 5.82. The molecule has 9 heteroatoms. The molecule has 0 saturated heterocycles. The first-order valence-electron chi connectivity index (χ1n) is 7.62. The number of aryl methyl sites for hydroxylation is 1. The van der Waals surface area contributed by atoms with Crippen LogP contribution in [0.5, 0.6) is 0 Å². The Morgan fingerprint density at radius 3 is 2.84 bits per heavy atom. The summed E-state index contributed by atoms with van der Waals surface area (Å²) in [6.07, 6.45) is 1.75. The van der Waals surface area contributed by atoms with Crippen LogP contribution in [0.4, 0.5) is 5.82 Å². The molecule has 3 aromatic heterocycles. The van der Waals surface area contributed by atoms with Gasteiger partial charge in [-0.25, -0.2) is 19.7 Å². The van der Waals surface area contributed by atoms with Gasteiger partial charge in [-0.15, -0.1) is 0 Å². The van der Waals surface area contributed by atoms with Crippen molar-refractivity contribution in [2.45, 2.75) is 26.0 Å². The molecule has 0 fully saturated rings.